The fraction of sp³-hybridized carbons (Fsp3) is 0.429. The van der Waals surface area contributed by atoms with E-state index >= 15 is 0 Å². The zero-order valence-electron chi connectivity index (χ0n) is 14.9. The van der Waals surface area contributed by atoms with Crippen molar-refractivity contribution < 1.29 is 9.47 Å². The largest absolute Gasteiger partial charge is 0.487 e. The summed E-state index contributed by atoms with van der Waals surface area (Å²) in [5.41, 5.74) is 5.10. The van der Waals surface area contributed by atoms with Crippen molar-refractivity contribution in [2.24, 2.45) is 0 Å². The first-order chi connectivity index (χ1) is 11.6. The van der Waals surface area contributed by atoms with E-state index in [0.29, 0.717) is 6.61 Å². The van der Waals surface area contributed by atoms with Gasteiger partial charge in [-0.15, -0.1) is 0 Å². The lowest BCUT2D eigenvalue weighted by Crippen LogP contribution is -2.24. The highest BCUT2D eigenvalue weighted by Crippen LogP contribution is 2.35. The van der Waals surface area contributed by atoms with E-state index in [1.54, 1.807) is 0 Å². The van der Waals surface area contributed by atoms with Gasteiger partial charge in [-0.05, 0) is 49.1 Å². The minimum absolute atomic E-state index is 0.0768. The highest BCUT2D eigenvalue weighted by Gasteiger charge is 2.29. The summed E-state index contributed by atoms with van der Waals surface area (Å²) in [6, 6.07) is 15.0. The lowest BCUT2D eigenvalue weighted by molar-refractivity contribution is 0.133. The highest BCUT2D eigenvalue weighted by atomic mass is 16.5. The van der Waals surface area contributed by atoms with E-state index in [2.05, 4.69) is 61.6 Å². The lowest BCUT2D eigenvalue weighted by atomic mass is 10.0. The molecule has 0 aromatic heterocycles. The maximum absolute atomic E-state index is 5.94. The standard InChI is InChI=1S/C21H27NO2/c1-4-23-15-18-8-6-5-7-17(18)14-22-13-16-9-10-20-19(11-16)12-21(2,3)24-20/h5-11,22H,4,12-15H2,1-3H3. The van der Waals surface area contributed by atoms with Crippen molar-refractivity contribution in [3.63, 3.8) is 0 Å². The Bertz CT molecular complexity index is 694. The van der Waals surface area contributed by atoms with Crippen LogP contribution in [0.15, 0.2) is 42.5 Å². The third kappa shape index (κ3) is 4.16. The molecule has 0 saturated heterocycles. The number of hydrogen-bond donors (Lipinski definition) is 1. The van der Waals surface area contributed by atoms with Crippen molar-refractivity contribution in [2.75, 3.05) is 6.61 Å². The summed E-state index contributed by atoms with van der Waals surface area (Å²) in [5.74, 6) is 1.03. The Balaban J connectivity index is 1.58. The van der Waals surface area contributed by atoms with Crippen molar-refractivity contribution in [3.05, 3.63) is 64.7 Å². The van der Waals surface area contributed by atoms with Gasteiger partial charge in [-0.2, -0.15) is 0 Å². The molecule has 3 rings (SSSR count). The maximum Gasteiger partial charge on any atom is 0.123 e. The van der Waals surface area contributed by atoms with E-state index in [0.717, 1.165) is 31.9 Å². The molecule has 0 radical (unpaired) electrons. The molecule has 3 nitrogen and oxygen atoms in total. The molecule has 3 heteroatoms. The van der Waals surface area contributed by atoms with Crippen molar-refractivity contribution >= 4 is 0 Å². The quantitative estimate of drug-likeness (QED) is 0.826. The van der Waals surface area contributed by atoms with Crippen molar-refractivity contribution in [1.29, 1.82) is 0 Å². The molecule has 0 spiro atoms. The van der Waals surface area contributed by atoms with Crippen LogP contribution in [0.2, 0.25) is 0 Å². The molecule has 128 valence electrons. The predicted molar refractivity (Wildman–Crippen MR) is 97.2 cm³/mol. The van der Waals surface area contributed by atoms with Crippen LogP contribution in [0.1, 0.15) is 43.0 Å². The van der Waals surface area contributed by atoms with Crippen molar-refractivity contribution in [2.45, 2.75) is 52.5 Å². The van der Waals surface area contributed by atoms with Gasteiger partial charge < -0.3 is 14.8 Å². The van der Waals surface area contributed by atoms with Crippen LogP contribution in [0.25, 0.3) is 0 Å². The molecule has 1 N–H and O–H groups in total. The van der Waals surface area contributed by atoms with Crippen LogP contribution < -0.4 is 10.1 Å². The number of fused-ring (bicyclic) bond motifs is 1. The first-order valence-corrected chi connectivity index (χ1v) is 8.73. The van der Waals surface area contributed by atoms with Crippen LogP contribution in [-0.2, 0) is 30.9 Å². The Labute approximate surface area is 145 Å². The zero-order valence-corrected chi connectivity index (χ0v) is 14.9. The molecule has 0 saturated carbocycles. The summed E-state index contributed by atoms with van der Waals surface area (Å²) in [6.07, 6.45) is 0.980. The molecule has 0 atom stereocenters. The molecule has 0 aliphatic carbocycles. The van der Waals surface area contributed by atoms with E-state index < -0.39 is 0 Å². The van der Waals surface area contributed by atoms with Crippen LogP contribution in [0.4, 0.5) is 0 Å². The smallest absolute Gasteiger partial charge is 0.123 e. The average Bonchev–Trinajstić information content (AvgIpc) is 2.87. The molecule has 0 unspecified atom stereocenters. The number of nitrogens with one attached hydrogen (secondary N) is 1. The Kier molecular flexibility index (Phi) is 5.22. The Morgan fingerprint density at radius 1 is 1.08 bits per heavy atom. The van der Waals surface area contributed by atoms with E-state index in [1.165, 1.54) is 22.3 Å². The van der Waals surface area contributed by atoms with E-state index in [-0.39, 0.29) is 5.60 Å². The Morgan fingerprint density at radius 2 is 1.88 bits per heavy atom. The second-order valence-corrected chi connectivity index (χ2v) is 6.99. The van der Waals surface area contributed by atoms with Crippen molar-refractivity contribution in [1.82, 2.24) is 5.32 Å². The summed E-state index contributed by atoms with van der Waals surface area (Å²) >= 11 is 0. The van der Waals surface area contributed by atoms with Crippen LogP contribution in [0.3, 0.4) is 0 Å². The SMILES string of the molecule is CCOCc1ccccc1CNCc1ccc2c(c1)CC(C)(C)O2. The minimum atomic E-state index is -0.0768. The molecular weight excluding hydrogens is 298 g/mol. The molecule has 24 heavy (non-hydrogen) atoms. The van der Waals surface area contributed by atoms with Crippen LogP contribution in [-0.4, -0.2) is 12.2 Å². The van der Waals surface area contributed by atoms with Gasteiger partial charge in [0.15, 0.2) is 0 Å². The zero-order chi connectivity index (χ0) is 17.0. The fourth-order valence-electron chi connectivity index (χ4n) is 3.20. The van der Waals surface area contributed by atoms with Gasteiger partial charge in [0, 0.05) is 26.1 Å². The van der Waals surface area contributed by atoms with Gasteiger partial charge >= 0.3 is 0 Å². The number of hydrogen-bond acceptors (Lipinski definition) is 3. The second-order valence-electron chi connectivity index (χ2n) is 6.99. The molecule has 0 fully saturated rings. The molecule has 0 bridgehead atoms. The molecule has 0 amide bonds. The Hall–Kier alpha value is -1.84. The summed E-state index contributed by atoms with van der Waals surface area (Å²) in [6.45, 7) is 9.44. The summed E-state index contributed by atoms with van der Waals surface area (Å²) in [7, 11) is 0. The number of benzene rings is 2. The molecular formula is C21H27NO2. The highest BCUT2D eigenvalue weighted by molar-refractivity contribution is 5.41. The maximum atomic E-state index is 5.94. The predicted octanol–water partition coefficient (Wildman–Crippen LogP) is 4.23. The first-order valence-electron chi connectivity index (χ1n) is 8.73. The first kappa shape index (κ1) is 17.0. The van der Waals surface area contributed by atoms with Gasteiger partial charge in [0.05, 0.1) is 6.61 Å². The summed E-state index contributed by atoms with van der Waals surface area (Å²) in [4.78, 5) is 0. The van der Waals surface area contributed by atoms with Gasteiger partial charge in [-0.3, -0.25) is 0 Å². The van der Waals surface area contributed by atoms with Gasteiger partial charge in [-0.25, -0.2) is 0 Å². The van der Waals surface area contributed by atoms with Gasteiger partial charge in [0.25, 0.3) is 0 Å². The topological polar surface area (TPSA) is 30.5 Å². The van der Waals surface area contributed by atoms with Gasteiger partial charge in [0.1, 0.15) is 11.4 Å². The monoisotopic (exact) mass is 325 g/mol. The number of ether oxygens (including phenoxy) is 2. The van der Waals surface area contributed by atoms with Gasteiger partial charge in [-0.1, -0.05) is 36.4 Å². The van der Waals surface area contributed by atoms with Crippen molar-refractivity contribution in [3.8, 4) is 5.75 Å². The normalized spacial score (nSPS) is 15.1. The average molecular weight is 325 g/mol. The van der Waals surface area contributed by atoms with E-state index in [9.17, 15) is 0 Å². The van der Waals surface area contributed by atoms with Crippen LogP contribution >= 0.6 is 0 Å². The second kappa shape index (κ2) is 7.37. The summed E-state index contributed by atoms with van der Waals surface area (Å²) < 4.78 is 11.5. The summed E-state index contributed by atoms with van der Waals surface area (Å²) in [5, 5.41) is 3.55. The Morgan fingerprint density at radius 3 is 2.67 bits per heavy atom. The molecule has 2 aromatic carbocycles. The minimum Gasteiger partial charge on any atom is -0.487 e. The molecule has 1 heterocycles. The fourth-order valence-corrected chi connectivity index (χ4v) is 3.20. The lowest BCUT2D eigenvalue weighted by Gasteiger charge is -2.16. The third-order valence-corrected chi connectivity index (χ3v) is 4.35. The van der Waals surface area contributed by atoms with E-state index in [1.807, 2.05) is 6.92 Å². The van der Waals surface area contributed by atoms with Crippen LogP contribution in [0.5, 0.6) is 5.75 Å². The third-order valence-electron chi connectivity index (χ3n) is 4.35. The molecule has 1 aliphatic heterocycles. The van der Waals surface area contributed by atoms with Gasteiger partial charge in [0.2, 0.25) is 0 Å². The van der Waals surface area contributed by atoms with Crippen LogP contribution in [0, 0.1) is 0 Å². The molecule has 1 aliphatic rings. The molecule has 2 aromatic rings. The number of rotatable bonds is 7. The van der Waals surface area contributed by atoms with E-state index in [4.69, 9.17) is 9.47 Å².